The molecule has 0 radical (unpaired) electrons. The summed E-state index contributed by atoms with van der Waals surface area (Å²) in [5, 5.41) is 3.44. The number of benzene rings is 1. The highest BCUT2D eigenvalue weighted by Gasteiger charge is 2.35. The molecule has 1 aliphatic rings. The Morgan fingerprint density at radius 2 is 2.22 bits per heavy atom. The van der Waals surface area contributed by atoms with Crippen molar-refractivity contribution in [2.24, 2.45) is 0 Å². The maximum Gasteiger partial charge on any atom is 0.410 e. The van der Waals surface area contributed by atoms with Gasteiger partial charge in [-0.2, -0.15) is 0 Å². The number of halogens is 2. The Hall–Kier alpha value is -1.46. The van der Waals surface area contributed by atoms with Gasteiger partial charge in [-0.25, -0.2) is 4.79 Å². The zero-order chi connectivity index (χ0) is 13.3. The zero-order valence-corrected chi connectivity index (χ0v) is 11.0. The standard InChI is InChI=1S/C11H10Cl2N2O3/c1-15-9(5-18-11(15)17)10(16)14-8-3-2-6(12)4-7(8)13/h2-4,9H,5H2,1H3,(H,14,16). The molecule has 1 saturated heterocycles. The van der Waals surface area contributed by atoms with Crippen LogP contribution >= 0.6 is 23.2 Å². The van der Waals surface area contributed by atoms with Gasteiger partial charge in [-0.3, -0.25) is 9.69 Å². The average molecular weight is 289 g/mol. The summed E-state index contributed by atoms with van der Waals surface area (Å²) in [5.74, 6) is -0.354. The highest BCUT2D eigenvalue weighted by Crippen LogP contribution is 2.26. The van der Waals surface area contributed by atoms with Crippen LogP contribution in [-0.4, -0.2) is 36.6 Å². The van der Waals surface area contributed by atoms with Crippen molar-refractivity contribution < 1.29 is 14.3 Å². The van der Waals surface area contributed by atoms with E-state index < -0.39 is 12.1 Å². The molecule has 1 aromatic carbocycles. The fraction of sp³-hybridized carbons (Fsp3) is 0.273. The number of amides is 2. The molecule has 7 heteroatoms. The lowest BCUT2D eigenvalue weighted by Gasteiger charge is -2.16. The lowest BCUT2D eigenvalue weighted by Crippen LogP contribution is -2.40. The van der Waals surface area contributed by atoms with Gasteiger partial charge >= 0.3 is 6.09 Å². The second-order valence-electron chi connectivity index (χ2n) is 3.82. The Kier molecular flexibility index (Phi) is 3.63. The molecule has 1 atom stereocenters. The van der Waals surface area contributed by atoms with E-state index in [1.54, 1.807) is 12.1 Å². The first-order valence-corrected chi connectivity index (χ1v) is 5.90. The molecule has 5 nitrogen and oxygen atoms in total. The van der Waals surface area contributed by atoms with Crippen LogP contribution < -0.4 is 5.32 Å². The molecule has 0 aromatic heterocycles. The average Bonchev–Trinajstić information content (AvgIpc) is 2.64. The smallest absolute Gasteiger partial charge is 0.410 e. The SMILES string of the molecule is CN1C(=O)OCC1C(=O)Nc1ccc(Cl)cc1Cl. The second kappa shape index (κ2) is 5.04. The topological polar surface area (TPSA) is 58.6 Å². The highest BCUT2D eigenvalue weighted by atomic mass is 35.5. The van der Waals surface area contributed by atoms with E-state index in [2.05, 4.69) is 5.32 Å². The molecular formula is C11H10Cl2N2O3. The van der Waals surface area contributed by atoms with Crippen LogP contribution in [-0.2, 0) is 9.53 Å². The fourth-order valence-electron chi connectivity index (χ4n) is 1.55. The largest absolute Gasteiger partial charge is 0.447 e. The Balaban J connectivity index is 2.10. The number of cyclic esters (lactones) is 1. The summed E-state index contributed by atoms with van der Waals surface area (Å²) in [7, 11) is 1.50. The van der Waals surface area contributed by atoms with Crippen molar-refractivity contribution in [1.82, 2.24) is 4.90 Å². The Morgan fingerprint density at radius 3 is 2.78 bits per heavy atom. The summed E-state index contributed by atoms with van der Waals surface area (Å²) < 4.78 is 4.76. The van der Waals surface area contributed by atoms with Gasteiger partial charge in [-0.05, 0) is 18.2 Å². The number of hydrogen-bond acceptors (Lipinski definition) is 3. The molecule has 0 saturated carbocycles. The number of hydrogen-bond donors (Lipinski definition) is 1. The van der Waals surface area contributed by atoms with Crippen molar-refractivity contribution in [3.05, 3.63) is 28.2 Å². The summed E-state index contributed by atoms with van der Waals surface area (Å²) in [4.78, 5) is 24.3. The van der Waals surface area contributed by atoms with E-state index in [4.69, 9.17) is 27.9 Å². The third kappa shape index (κ3) is 2.52. The molecule has 96 valence electrons. The number of rotatable bonds is 2. The predicted molar refractivity (Wildman–Crippen MR) is 68.0 cm³/mol. The van der Waals surface area contributed by atoms with Crippen molar-refractivity contribution >= 4 is 40.9 Å². The van der Waals surface area contributed by atoms with Crippen LogP contribution in [0.15, 0.2) is 18.2 Å². The van der Waals surface area contributed by atoms with E-state index >= 15 is 0 Å². The van der Waals surface area contributed by atoms with Gasteiger partial charge < -0.3 is 10.1 Å². The van der Waals surface area contributed by atoms with Gasteiger partial charge in [0.25, 0.3) is 5.91 Å². The minimum atomic E-state index is -0.649. The number of anilines is 1. The Bertz CT molecular complexity index is 507. The first-order chi connectivity index (χ1) is 8.49. The quantitative estimate of drug-likeness (QED) is 0.909. The molecule has 1 aromatic rings. The number of carbonyl (C=O) groups is 2. The first kappa shape index (κ1) is 13.0. The van der Waals surface area contributed by atoms with Crippen LogP contribution in [0.2, 0.25) is 10.0 Å². The highest BCUT2D eigenvalue weighted by molar-refractivity contribution is 6.36. The van der Waals surface area contributed by atoms with Gasteiger partial charge in [0, 0.05) is 12.1 Å². The van der Waals surface area contributed by atoms with Crippen LogP contribution in [0, 0.1) is 0 Å². The van der Waals surface area contributed by atoms with Crippen LogP contribution in [0.4, 0.5) is 10.5 Å². The summed E-state index contributed by atoms with van der Waals surface area (Å²) in [6.07, 6.45) is -0.516. The third-order valence-electron chi connectivity index (χ3n) is 2.61. The summed E-state index contributed by atoms with van der Waals surface area (Å²) in [5.41, 5.74) is 0.443. The van der Waals surface area contributed by atoms with Crippen molar-refractivity contribution in [1.29, 1.82) is 0 Å². The summed E-state index contributed by atoms with van der Waals surface area (Å²) in [6.45, 7) is 0.0341. The van der Waals surface area contributed by atoms with Crippen LogP contribution in [0.3, 0.4) is 0 Å². The van der Waals surface area contributed by atoms with Crippen LogP contribution in [0.25, 0.3) is 0 Å². The Labute approximate surface area is 114 Å². The maximum atomic E-state index is 11.9. The molecule has 1 fully saturated rings. The molecule has 1 heterocycles. The van der Waals surface area contributed by atoms with Gasteiger partial charge in [0.1, 0.15) is 12.6 Å². The molecule has 2 amide bonds. The third-order valence-corrected chi connectivity index (χ3v) is 3.16. The normalized spacial score (nSPS) is 18.7. The number of nitrogens with one attached hydrogen (secondary N) is 1. The Morgan fingerprint density at radius 1 is 1.50 bits per heavy atom. The minimum absolute atomic E-state index is 0.0341. The van der Waals surface area contributed by atoms with Gasteiger partial charge in [0.05, 0.1) is 10.7 Å². The van der Waals surface area contributed by atoms with Crippen LogP contribution in [0.5, 0.6) is 0 Å². The maximum absolute atomic E-state index is 11.9. The van der Waals surface area contributed by atoms with Crippen molar-refractivity contribution in [3.63, 3.8) is 0 Å². The number of likely N-dealkylation sites (N-methyl/N-ethyl adjacent to an activating group) is 1. The molecule has 18 heavy (non-hydrogen) atoms. The van der Waals surface area contributed by atoms with Crippen molar-refractivity contribution in [2.45, 2.75) is 6.04 Å². The van der Waals surface area contributed by atoms with E-state index in [1.807, 2.05) is 0 Å². The van der Waals surface area contributed by atoms with Gasteiger partial charge in [0.2, 0.25) is 0 Å². The zero-order valence-electron chi connectivity index (χ0n) is 9.44. The van der Waals surface area contributed by atoms with E-state index in [0.717, 1.165) is 0 Å². The van der Waals surface area contributed by atoms with E-state index in [0.29, 0.717) is 15.7 Å². The lowest BCUT2D eigenvalue weighted by atomic mass is 10.2. The van der Waals surface area contributed by atoms with E-state index in [1.165, 1.54) is 18.0 Å². The molecule has 2 rings (SSSR count). The first-order valence-electron chi connectivity index (χ1n) is 5.14. The van der Waals surface area contributed by atoms with E-state index in [-0.39, 0.29) is 12.5 Å². The molecular weight excluding hydrogens is 279 g/mol. The predicted octanol–water partition coefficient (Wildman–Crippen LogP) is 2.38. The second-order valence-corrected chi connectivity index (χ2v) is 4.66. The molecule has 0 spiro atoms. The van der Waals surface area contributed by atoms with Gasteiger partial charge in [-0.1, -0.05) is 23.2 Å². The summed E-state index contributed by atoms with van der Waals surface area (Å²) in [6, 6.07) is 4.09. The van der Waals surface area contributed by atoms with Crippen LogP contribution in [0.1, 0.15) is 0 Å². The molecule has 0 aliphatic carbocycles. The molecule has 1 aliphatic heterocycles. The monoisotopic (exact) mass is 288 g/mol. The molecule has 1 unspecified atom stereocenters. The molecule has 0 bridgehead atoms. The van der Waals surface area contributed by atoms with Gasteiger partial charge in [-0.15, -0.1) is 0 Å². The number of carbonyl (C=O) groups excluding carboxylic acids is 2. The fourth-order valence-corrected chi connectivity index (χ4v) is 2.01. The number of nitrogens with zero attached hydrogens (tertiary/aromatic N) is 1. The lowest BCUT2D eigenvalue weighted by molar-refractivity contribution is -0.119. The molecule has 1 N–H and O–H groups in total. The minimum Gasteiger partial charge on any atom is -0.447 e. The van der Waals surface area contributed by atoms with Gasteiger partial charge in [0.15, 0.2) is 0 Å². The van der Waals surface area contributed by atoms with Crippen molar-refractivity contribution in [3.8, 4) is 0 Å². The van der Waals surface area contributed by atoms with Crippen molar-refractivity contribution in [2.75, 3.05) is 19.0 Å². The van der Waals surface area contributed by atoms with E-state index in [9.17, 15) is 9.59 Å². The number of ether oxygens (including phenoxy) is 1. The summed E-state index contributed by atoms with van der Waals surface area (Å²) >= 11 is 11.7.